The zero-order valence-electron chi connectivity index (χ0n) is 11.0. The molecule has 0 bridgehead atoms. The van der Waals surface area contributed by atoms with Gasteiger partial charge in [-0.1, -0.05) is 20.8 Å². The van der Waals surface area contributed by atoms with Crippen molar-refractivity contribution in [1.29, 1.82) is 0 Å². The quantitative estimate of drug-likeness (QED) is 0.680. The van der Waals surface area contributed by atoms with Gasteiger partial charge in [0.25, 0.3) is 0 Å². The van der Waals surface area contributed by atoms with E-state index >= 15 is 0 Å². The second-order valence-electron chi connectivity index (χ2n) is 5.57. The fourth-order valence-corrected chi connectivity index (χ4v) is 1.68. The molecule has 0 aromatic rings. The lowest BCUT2D eigenvalue weighted by Gasteiger charge is -2.25. The van der Waals surface area contributed by atoms with E-state index in [9.17, 15) is 0 Å². The van der Waals surface area contributed by atoms with E-state index in [2.05, 4.69) is 33.0 Å². The fraction of sp³-hybridized carbons (Fsp3) is 1.00. The van der Waals surface area contributed by atoms with Crippen LogP contribution >= 0.6 is 0 Å². The van der Waals surface area contributed by atoms with Crippen LogP contribution < -0.4 is 11.1 Å². The highest BCUT2D eigenvalue weighted by Crippen LogP contribution is 2.23. The van der Waals surface area contributed by atoms with Gasteiger partial charge in [-0.25, -0.2) is 0 Å². The molecule has 0 aliphatic heterocycles. The Morgan fingerprint density at radius 1 is 1.27 bits per heavy atom. The van der Waals surface area contributed by atoms with Crippen molar-refractivity contribution in [2.75, 3.05) is 26.7 Å². The van der Waals surface area contributed by atoms with E-state index < -0.39 is 0 Å². The maximum atomic E-state index is 5.76. The van der Waals surface area contributed by atoms with Crippen LogP contribution in [0.2, 0.25) is 0 Å². The summed E-state index contributed by atoms with van der Waals surface area (Å²) in [6, 6.07) is 0. The van der Waals surface area contributed by atoms with Gasteiger partial charge in [0.2, 0.25) is 0 Å². The van der Waals surface area contributed by atoms with Crippen molar-refractivity contribution < 1.29 is 4.74 Å². The van der Waals surface area contributed by atoms with E-state index in [0.29, 0.717) is 11.3 Å². The summed E-state index contributed by atoms with van der Waals surface area (Å²) in [7, 11) is 1.74. The summed E-state index contributed by atoms with van der Waals surface area (Å²) in [4.78, 5) is 0. The van der Waals surface area contributed by atoms with Gasteiger partial charge in [0.15, 0.2) is 0 Å². The van der Waals surface area contributed by atoms with Crippen molar-refractivity contribution in [3.63, 3.8) is 0 Å². The minimum Gasteiger partial charge on any atom is -0.380 e. The maximum Gasteiger partial charge on any atom is 0.0667 e. The van der Waals surface area contributed by atoms with E-state index in [1.807, 2.05) is 0 Å². The average molecular weight is 216 g/mol. The summed E-state index contributed by atoms with van der Waals surface area (Å²) in [5.41, 5.74) is 6.12. The van der Waals surface area contributed by atoms with E-state index in [4.69, 9.17) is 10.5 Å². The largest absolute Gasteiger partial charge is 0.380 e. The molecule has 92 valence electrons. The molecule has 0 aromatic carbocycles. The van der Waals surface area contributed by atoms with Gasteiger partial charge in [-0.05, 0) is 37.8 Å². The first kappa shape index (κ1) is 14.9. The first-order chi connectivity index (χ1) is 6.89. The van der Waals surface area contributed by atoms with Gasteiger partial charge in [0.1, 0.15) is 0 Å². The van der Waals surface area contributed by atoms with Gasteiger partial charge in [0.05, 0.1) is 6.10 Å². The minimum absolute atomic E-state index is 0.276. The zero-order valence-corrected chi connectivity index (χ0v) is 11.0. The number of rotatable bonds is 7. The molecule has 0 amide bonds. The van der Waals surface area contributed by atoms with Crippen LogP contribution in [0.1, 0.15) is 34.1 Å². The molecule has 0 rings (SSSR count). The van der Waals surface area contributed by atoms with Crippen LogP contribution in [0.15, 0.2) is 0 Å². The molecule has 15 heavy (non-hydrogen) atoms. The predicted molar refractivity (Wildman–Crippen MR) is 66.0 cm³/mol. The SMILES string of the molecule is COC(C)CNCC(CN)CC(C)(C)C. The molecule has 0 spiro atoms. The predicted octanol–water partition coefficient (Wildman–Crippen LogP) is 1.62. The molecule has 0 saturated carbocycles. The number of ether oxygens (including phenoxy) is 1. The van der Waals surface area contributed by atoms with Crippen LogP contribution in [-0.2, 0) is 4.74 Å². The molecule has 3 nitrogen and oxygen atoms in total. The fourth-order valence-electron chi connectivity index (χ4n) is 1.68. The Kier molecular flexibility index (Phi) is 7.14. The lowest BCUT2D eigenvalue weighted by atomic mass is 9.84. The second kappa shape index (κ2) is 7.20. The third kappa shape index (κ3) is 8.85. The third-order valence-corrected chi connectivity index (χ3v) is 2.50. The normalized spacial score (nSPS) is 16.4. The molecule has 2 atom stereocenters. The zero-order chi connectivity index (χ0) is 11.9. The van der Waals surface area contributed by atoms with E-state index in [-0.39, 0.29) is 6.10 Å². The van der Waals surface area contributed by atoms with Crippen molar-refractivity contribution in [1.82, 2.24) is 5.32 Å². The molecule has 0 saturated heterocycles. The molecule has 3 heteroatoms. The van der Waals surface area contributed by atoms with Crippen LogP contribution in [-0.4, -0.2) is 32.8 Å². The van der Waals surface area contributed by atoms with Crippen LogP contribution in [0.5, 0.6) is 0 Å². The van der Waals surface area contributed by atoms with Crippen molar-refractivity contribution >= 4 is 0 Å². The minimum atomic E-state index is 0.276. The molecule has 3 N–H and O–H groups in total. The first-order valence-electron chi connectivity index (χ1n) is 5.82. The average Bonchev–Trinajstić information content (AvgIpc) is 2.14. The first-order valence-corrected chi connectivity index (χ1v) is 5.82. The van der Waals surface area contributed by atoms with Crippen LogP contribution in [0, 0.1) is 11.3 Å². The Morgan fingerprint density at radius 2 is 1.87 bits per heavy atom. The van der Waals surface area contributed by atoms with Crippen molar-refractivity contribution in [2.45, 2.75) is 40.2 Å². The highest BCUT2D eigenvalue weighted by Gasteiger charge is 2.17. The molecular formula is C12H28N2O. The molecule has 0 heterocycles. The molecular weight excluding hydrogens is 188 g/mol. The smallest absolute Gasteiger partial charge is 0.0667 e. The number of hydrogen-bond donors (Lipinski definition) is 2. The Balaban J connectivity index is 3.71. The van der Waals surface area contributed by atoms with Gasteiger partial charge in [-0.2, -0.15) is 0 Å². The van der Waals surface area contributed by atoms with Gasteiger partial charge in [0, 0.05) is 13.7 Å². The molecule has 0 fully saturated rings. The van der Waals surface area contributed by atoms with Crippen molar-refractivity contribution in [3.05, 3.63) is 0 Å². The summed E-state index contributed by atoms with van der Waals surface area (Å²) in [6.45, 7) is 11.5. The Bertz CT molecular complexity index is 154. The highest BCUT2D eigenvalue weighted by atomic mass is 16.5. The summed E-state index contributed by atoms with van der Waals surface area (Å²) < 4.78 is 5.17. The third-order valence-electron chi connectivity index (χ3n) is 2.50. The van der Waals surface area contributed by atoms with Gasteiger partial charge in [-0.15, -0.1) is 0 Å². The number of nitrogens with two attached hydrogens (primary N) is 1. The van der Waals surface area contributed by atoms with Crippen LogP contribution in [0.4, 0.5) is 0 Å². The van der Waals surface area contributed by atoms with E-state index in [1.165, 1.54) is 0 Å². The molecule has 0 aromatic heterocycles. The number of nitrogens with one attached hydrogen (secondary N) is 1. The van der Waals surface area contributed by atoms with Gasteiger partial charge >= 0.3 is 0 Å². The lowest BCUT2D eigenvalue weighted by Crippen LogP contribution is -2.35. The molecule has 0 aliphatic rings. The van der Waals surface area contributed by atoms with E-state index in [0.717, 1.165) is 26.1 Å². The second-order valence-corrected chi connectivity index (χ2v) is 5.57. The Labute approximate surface area is 94.8 Å². The Hall–Kier alpha value is -0.120. The number of hydrogen-bond acceptors (Lipinski definition) is 3. The summed E-state index contributed by atoms with van der Waals surface area (Å²) in [5.74, 6) is 0.564. The van der Waals surface area contributed by atoms with Crippen molar-refractivity contribution in [2.24, 2.45) is 17.1 Å². The highest BCUT2D eigenvalue weighted by molar-refractivity contribution is 4.72. The maximum absolute atomic E-state index is 5.76. The van der Waals surface area contributed by atoms with E-state index in [1.54, 1.807) is 7.11 Å². The molecule has 2 unspecified atom stereocenters. The summed E-state index contributed by atoms with van der Waals surface area (Å²) in [6.07, 6.45) is 1.44. The van der Waals surface area contributed by atoms with Gasteiger partial charge < -0.3 is 15.8 Å². The standard InChI is InChI=1S/C12H28N2O/c1-10(15-5)8-14-9-11(7-13)6-12(2,3)4/h10-11,14H,6-9,13H2,1-5H3. The number of methoxy groups -OCH3 is 1. The van der Waals surface area contributed by atoms with Crippen LogP contribution in [0.3, 0.4) is 0 Å². The summed E-state index contributed by atoms with van der Waals surface area (Å²) >= 11 is 0. The van der Waals surface area contributed by atoms with Gasteiger partial charge in [-0.3, -0.25) is 0 Å². The van der Waals surface area contributed by atoms with Crippen molar-refractivity contribution in [3.8, 4) is 0 Å². The lowest BCUT2D eigenvalue weighted by molar-refractivity contribution is 0.115. The topological polar surface area (TPSA) is 47.3 Å². The molecule has 0 aliphatic carbocycles. The molecule has 0 radical (unpaired) electrons. The summed E-state index contributed by atoms with van der Waals surface area (Å²) in [5, 5.41) is 3.40. The monoisotopic (exact) mass is 216 g/mol. The van der Waals surface area contributed by atoms with Crippen LogP contribution in [0.25, 0.3) is 0 Å². The Morgan fingerprint density at radius 3 is 2.27 bits per heavy atom.